The van der Waals surface area contributed by atoms with E-state index in [1.54, 1.807) is 6.92 Å². The molecule has 7 heavy (non-hydrogen) atoms. The van der Waals surface area contributed by atoms with Crippen LogP contribution in [0.15, 0.2) is 4.79 Å². The highest BCUT2D eigenvalue weighted by Crippen LogP contribution is 1.74. The number of aromatic amines is 2. The third-order valence-corrected chi connectivity index (χ3v) is 0.665. The summed E-state index contributed by atoms with van der Waals surface area (Å²) >= 11 is 0. The van der Waals surface area contributed by atoms with Gasteiger partial charge in [-0.15, -0.1) is 0 Å². The molecule has 1 radical (unpaired) electrons. The third-order valence-electron chi connectivity index (χ3n) is 0.665. The van der Waals surface area contributed by atoms with Crippen LogP contribution in [0, 0.1) is 13.0 Å². The van der Waals surface area contributed by atoms with Crippen molar-refractivity contribution in [3.63, 3.8) is 0 Å². The molecule has 0 aromatic carbocycles. The van der Waals surface area contributed by atoms with Gasteiger partial charge in [-0.2, -0.15) is 0 Å². The van der Waals surface area contributed by atoms with Gasteiger partial charge in [-0.05, 0) is 6.92 Å². The van der Waals surface area contributed by atoms with Gasteiger partial charge in [0.2, 0.25) is 0 Å². The second-order valence-electron chi connectivity index (χ2n) is 1.33. The minimum Gasteiger partial charge on any atom is -0.302 e. The molecule has 1 aromatic rings. The Bertz CT molecular complexity index is 197. The minimum atomic E-state index is -0.197. The molecule has 0 saturated carbocycles. The Balaban J connectivity index is 3.30. The van der Waals surface area contributed by atoms with Crippen LogP contribution in [0.4, 0.5) is 0 Å². The molecule has 3 heteroatoms. The van der Waals surface area contributed by atoms with E-state index < -0.39 is 0 Å². The quantitative estimate of drug-likeness (QED) is 0.463. The first kappa shape index (κ1) is 4.18. The van der Waals surface area contributed by atoms with E-state index in [9.17, 15) is 4.79 Å². The molecule has 0 aliphatic heterocycles. The predicted octanol–water partition coefficient (Wildman–Crippen LogP) is -0.188. The zero-order valence-corrected chi connectivity index (χ0v) is 3.91. The normalized spacial score (nSPS) is 9.29. The molecule has 0 aliphatic rings. The van der Waals surface area contributed by atoms with Crippen molar-refractivity contribution >= 4 is 0 Å². The number of hydrogen-bond acceptors (Lipinski definition) is 1. The Labute approximate surface area is 40.4 Å². The molecular weight excluding hydrogens is 92.1 g/mol. The van der Waals surface area contributed by atoms with Gasteiger partial charge in [-0.1, -0.05) is 0 Å². The van der Waals surface area contributed by atoms with Crippen LogP contribution >= 0.6 is 0 Å². The molecule has 37 valence electrons. The van der Waals surface area contributed by atoms with Crippen molar-refractivity contribution in [3.8, 4) is 0 Å². The van der Waals surface area contributed by atoms with Gasteiger partial charge >= 0.3 is 0 Å². The first-order valence-corrected chi connectivity index (χ1v) is 1.95. The van der Waals surface area contributed by atoms with Crippen LogP contribution in [0.25, 0.3) is 0 Å². The number of H-pyrrole nitrogens is 2. The minimum absolute atomic E-state index is 0.197. The second kappa shape index (κ2) is 1.26. The summed E-state index contributed by atoms with van der Waals surface area (Å²) in [5.41, 5.74) is 0.544. The van der Waals surface area contributed by atoms with Crippen molar-refractivity contribution in [1.29, 1.82) is 0 Å². The van der Waals surface area contributed by atoms with Gasteiger partial charge in [0.15, 0.2) is 0 Å². The lowest BCUT2D eigenvalue weighted by atomic mass is 10.5. The van der Waals surface area contributed by atoms with Gasteiger partial charge in [-0.3, -0.25) is 9.89 Å². The monoisotopic (exact) mass is 97.0 g/mol. The summed E-state index contributed by atoms with van der Waals surface area (Å²) in [7, 11) is 0. The molecule has 0 fully saturated rings. The summed E-state index contributed by atoms with van der Waals surface area (Å²) in [6, 6.07) is 2.47. The van der Waals surface area contributed by atoms with Gasteiger partial charge in [0, 0.05) is 5.69 Å². The largest absolute Gasteiger partial charge is 0.302 e. The number of aryl methyl sites for hydroxylation is 1. The summed E-state index contributed by atoms with van der Waals surface area (Å²) in [4.78, 5) is 10.1. The van der Waals surface area contributed by atoms with E-state index in [1.807, 2.05) is 0 Å². The van der Waals surface area contributed by atoms with Crippen molar-refractivity contribution in [1.82, 2.24) is 10.2 Å². The van der Waals surface area contributed by atoms with Crippen LogP contribution in [-0.2, 0) is 0 Å². The average Bonchev–Trinajstić information content (AvgIpc) is 1.87. The van der Waals surface area contributed by atoms with E-state index in [1.165, 1.54) is 0 Å². The maximum Gasteiger partial charge on any atom is 0.272 e. The second-order valence-corrected chi connectivity index (χ2v) is 1.33. The highest BCUT2D eigenvalue weighted by molar-refractivity contribution is 4.90. The smallest absolute Gasteiger partial charge is 0.272 e. The standard InChI is InChI=1S/C4H5N2O/c1-3-2-4(7)6-5-3/h1H3,(H2,5,6,7). The Morgan fingerprint density at radius 1 is 1.57 bits per heavy atom. The Morgan fingerprint density at radius 3 is 2.43 bits per heavy atom. The number of hydrogen-bond donors (Lipinski definition) is 2. The zero-order chi connectivity index (χ0) is 5.28. The van der Waals surface area contributed by atoms with Gasteiger partial charge in [0.25, 0.3) is 5.56 Å². The van der Waals surface area contributed by atoms with Crippen molar-refractivity contribution in [3.05, 3.63) is 22.1 Å². The lowest BCUT2D eigenvalue weighted by Gasteiger charge is -1.68. The van der Waals surface area contributed by atoms with E-state index >= 15 is 0 Å². The van der Waals surface area contributed by atoms with Crippen LogP contribution in [-0.4, -0.2) is 10.2 Å². The summed E-state index contributed by atoms with van der Waals surface area (Å²) in [5.74, 6) is 0. The molecule has 0 spiro atoms. The molecule has 1 rings (SSSR count). The average molecular weight is 97.1 g/mol. The molecule has 0 aliphatic carbocycles. The summed E-state index contributed by atoms with van der Waals surface area (Å²) in [6.45, 7) is 1.76. The molecule has 0 atom stereocenters. The fourth-order valence-electron chi connectivity index (χ4n) is 0.383. The maximum absolute atomic E-state index is 10.1. The van der Waals surface area contributed by atoms with Crippen molar-refractivity contribution in [2.75, 3.05) is 0 Å². The Morgan fingerprint density at radius 2 is 2.29 bits per heavy atom. The van der Waals surface area contributed by atoms with E-state index in [0.717, 1.165) is 5.69 Å². The third kappa shape index (κ3) is 0.707. The van der Waals surface area contributed by atoms with E-state index in [-0.39, 0.29) is 5.56 Å². The number of rotatable bonds is 0. The van der Waals surface area contributed by atoms with Crippen molar-refractivity contribution in [2.24, 2.45) is 0 Å². The topological polar surface area (TPSA) is 48.6 Å². The lowest BCUT2D eigenvalue weighted by Crippen LogP contribution is -1.94. The number of aromatic nitrogens is 2. The van der Waals surface area contributed by atoms with Crippen LogP contribution < -0.4 is 5.56 Å². The molecular formula is C4H5N2O. The van der Waals surface area contributed by atoms with E-state index in [4.69, 9.17) is 0 Å². The summed E-state index contributed by atoms with van der Waals surface area (Å²) in [5, 5.41) is 4.91. The molecule has 1 heterocycles. The first-order chi connectivity index (χ1) is 3.29. The van der Waals surface area contributed by atoms with Crippen LogP contribution in [0.5, 0.6) is 0 Å². The maximum atomic E-state index is 10.1. The Hall–Kier alpha value is -0.990. The lowest BCUT2D eigenvalue weighted by molar-refractivity contribution is 1.02. The number of nitrogens with one attached hydrogen (secondary N) is 2. The fourth-order valence-corrected chi connectivity index (χ4v) is 0.383. The van der Waals surface area contributed by atoms with Crippen molar-refractivity contribution < 1.29 is 0 Å². The van der Waals surface area contributed by atoms with Gasteiger partial charge in [0.05, 0.1) is 6.07 Å². The summed E-state index contributed by atoms with van der Waals surface area (Å²) < 4.78 is 0. The van der Waals surface area contributed by atoms with Gasteiger partial charge in [-0.25, -0.2) is 0 Å². The van der Waals surface area contributed by atoms with Gasteiger partial charge in [0.1, 0.15) is 0 Å². The molecule has 0 saturated heterocycles. The van der Waals surface area contributed by atoms with E-state index in [2.05, 4.69) is 16.3 Å². The highest BCUT2D eigenvalue weighted by atomic mass is 16.1. The SMILES string of the molecule is Cc1[c]c(=O)[nH][nH]1. The molecule has 2 N–H and O–H groups in total. The molecule has 1 aromatic heterocycles. The van der Waals surface area contributed by atoms with Crippen LogP contribution in [0.2, 0.25) is 0 Å². The molecule has 0 amide bonds. The zero-order valence-electron chi connectivity index (χ0n) is 3.91. The predicted molar refractivity (Wildman–Crippen MR) is 25.0 cm³/mol. The highest BCUT2D eigenvalue weighted by Gasteiger charge is 1.83. The first-order valence-electron chi connectivity index (χ1n) is 1.95. The summed E-state index contributed by atoms with van der Waals surface area (Å²) in [6.07, 6.45) is 0. The van der Waals surface area contributed by atoms with Crippen molar-refractivity contribution in [2.45, 2.75) is 6.92 Å². The van der Waals surface area contributed by atoms with Crippen LogP contribution in [0.1, 0.15) is 5.69 Å². The fraction of sp³-hybridized carbons (Fsp3) is 0.250. The molecule has 3 nitrogen and oxygen atoms in total. The Kier molecular flexibility index (Phi) is 0.749. The molecule has 0 bridgehead atoms. The van der Waals surface area contributed by atoms with Gasteiger partial charge < -0.3 is 5.10 Å². The van der Waals surface area contributed by atoms with Crippen LogP contribution in [0.3, 0.4) is 0 Å². The molecule has 0 unspecified atom stereocenters. The van der Waals surface area contributed by atoms with E-state index in [0.29, 0.717) is 0 Å².